The molecule has 0 aliphatic carbocycles. The summed E-state index contributed by atoms with van der Waals surface area (Å²) < 4.78 is 26.1. The van der Waals surface area contributed by atoms with Gasteiger partial charge in [0, 0.05) is 12.1 Å². The lowest BCUT2D eigenvalue weighted by molar-refractivity contribution is -0.122. The van der Waals surface area contributed by atoms with Gasteiger partial charge in [-0.1, -0.05) is 13.3 Å². The van der Waals surface area contributed by atoms with Gasteiger partial charge in [-0.3, -0.25) is 4.79 Å². The molecule has 3 nitrogen and oxygen atoms in total. The van der Waals surface area contributed by atoms with E-state index in [4.69, 9.17) is 5.73 Å². The van der Waals surface area contributed by atoms with E-state index in [1.165, 1.54) is 0 Å². The summed E-state index contributed by atoms with van der Waals surface area (Å²) in [7, 11) is 0. The summed E-state index contributed by atoms with van der Waals surface area (Å²) in [6.07, 6.45) is 1.36. The Morgan fingerprint density at radius 3 is 2.82 bits per heavy atom. The van der Waals surface area contributed by atoms with Crippen LogP contribution in [0.2, 0.25) is 0 Å². The van der Waals surface area contributed by atoms with Crippen LogP contribution in [0.1, 0.15) is 25.3 Å². The van der Waals surface area contributed by atoms with Gasteiger partial charge in [0.15, 0.2) is 0 Å². The molecule has 0 radical (unpaired) electrons. The van der Waals surface area contributed by atoms with Crippen LogP contribution < -0.4 is 11.1 Å². The van der Waals surface area contributed by atoms with Crippen molar-refractivity contribution in [3.8, 4) is 0 Å². The van der Waals surface area contributed by atoms with Gasteiger partial charge in [0.1, 0.15) is 11.6 Å². The highest BCUT2D eigenvalue weighted by Crippen LogP contribution is 2.09. The molecule has 1 unspecified atom stereocenters. The Labute approximate surface area is 99.0 Å². The fourth-order valence-electron chi connectivity index (χ4n) is 1.43. The number of nitrogens with one attached hydrogen (secondary N) is 1. The number of carbonyl (C=O) groups is 1. The average molecular weight is 242 g/mol. The monoisotopic (exact) mass is 242 g/mol. The van der Waals surface area contributed by atoms with E-state index in [1.54, 1.807) is 0 Å². The summed E-state index contributed by atoms with van der Waals surface area (Å²) in [5.74, 6) is -1.43. The summed E-state index contributed by atoms with van der Waals surface area (Å²) >= 11 is 0. The minimum Gasteiger partial charge on any atom is -0.351 e. The zero-order valence-electron chi connectivity index (χ0n) is 9.67. The molecule has 3 N–H and O–H groups in total. The number of amides is 1. The molecule has 1 aromatic carbocycles. The van der Waals surface area contributed by atoms with E-state index in [0.717, 1.165) is 24.6 Å². The molecule has 1 atom stereocenters. The first-order valence-electron chi connectivity index (χ1n) is 5.51. The van der Waals surface area contributed by atoms with Gasteiger partial charge >= 0.3 is 0 Å². The molecule has 94 valence electrons. The van der Waals surface area contributed by atoms with Crippen LogP contribution in [0.3, 0.4) is 0 Å². The first-order chi connectivity index (χ1) is 8.04. The molecule has 0 heterocycles. The molecule has 1 aromatic rings. The summed E-state index contributed by atoms with van der Waals surface area (Å²) in [5.41, 5.74) is 5.69. The Morgan fingerprint density at radius 1 is 1.47 bits per heavy atom. The zero-order chi connectivity index (χ0) is 12.8. The minimum absolute atomic E-state index is 0.0557. The Hall–Kier alpha value is -1.49. The number of hydrogen-bond acceptors (Lipinski definition) is 2. The molecule has 0 aliphatic heterocycles. The molecule has 1 rings (SSSR count). The van der Waals surface area contributed by atoms with Crippen molar-refractivity contribution in [2.75, 3.05) is 0 Å². The molecule has 0 spiro atoms. The SMILES string of the molecule is CCCC(N)C(=O)NCc1cc(F)ccc1F. The van der Waals surface area contributed by atoms with Crippen LogP contribution in [-0.4, -0.2) is 11.9 Å². The van der Waals surface area contributed by atoms with Crippen molar-refractivity contribution >= 4 is 5.91 Å². The largest absolute Gasteiger partial charge is 0.351 e. The van der Waals surface area contributed by atoms with Gasteiger partial charge in [-0.25, -0.2) is 8.78 Å². The highest BCUT2D eigenvalue weighted by atomic mass is 19.1. The fraction of sp³-hybridized carbons (Fsp3) is 0.417. The summed E-state index contributed by atoms with van der Waals surface area (Å²) in [6.45, 7) is 1.86. The fourth-order valence-corrected chi connectivity index (χ4v) is 1.43. The quantitative estimate of drug-likeness (QED) is 0.825. The average Bonchev–Trinajstić information content (AvgIpc) is 2.30. The van der Waals surface area contributed by atoms with Gasteiger partial charge in [0.2, 0.25) is 5.91 Å². The summed E-state index contributed by atoms with van der Waals surface area (Å²) in [4.78, 5) is 11.5. The molecule has 0 saturated carbocycles. The van der Waals surface area contributed by atoms with Gasteiger partial charge < -0.3 is 11.1 Å². The lowest BCUT2D eigenvalue weighted by Gasteiger charge is -2.11. The van der Waals surface area contributed by atoms with Crippen LogP contribution in [0.25, 0.3) is 0 Å². The molecule has 0 aromatic heterocycles. The minimum atomic E-state index is -0.600. The second-order valence-electron chi connectivity index (χ2n) is 3.85. The normalized spacial score (nSPS) is 12.2. The maximum absolute atomic E-state index is 13.2. The smallest absolute Gasteiger partial charge is 0.237 e. The maximum atomic E-state index is 13.2. The number of halogens is 2. The topological polar surface area (TPSA) is 55.1 Å². The zero-order valence-corrected chi connectivity index (χ0v) is 9.67. The summed E-state index contributed by atoms with van der Waals surface area (Å²) in [5, 5.41) is 2.48. The number of rotatable bonds is 5. The van der Waals surface area contributed by atoms with Crippen molar-refractivity contribution in [1.29, 1.82) is 0 Å². The third-order valence-corrected chi connectivity index (χ3v) is 2.40. The lowest BCUT2D eigenvalue weighted by Crippen LogP contribution is -2.40. The Kier molecular flexibility index (Phi) is 5.03. The number of nitrogens with two attached hydrogens (primary N) is 1. The van der Waals surface area contributed by atoms with E-state index in [9.17, 15) is 13.6 Å². The highest BCUT2D eigenvalue weighted by Gasteiger charge is 2.12. The Balaban J connectivity index is 2.55. The lowest BCUT2D eigenvalue weighted by atomic mass is 10.1. The summed E-state index contributed by atoms with van der Waals surface area (Å²) in [6, 6.07) is 2.52. The van der Waals surface area contributed by atoms with Crippen LogP contribution in [0, 0.1) is 11.6 Å². The van der Waals surface area contributed by atoms with Crippen molar-refractivity contribution in [1.82, 2.24) is 5.32 Å². The Morgan fingerprint density at radius 2 is 2.18 bits per heavy atom. The molecule has 0 bridgehead atoms. The van der Waals surface area contributed by atoms with E-state index in [2.05, 4.69) is 5.32 Å². The van der Waals surface area contributed by atoms with Crippen molar-refractivity contribution in [2.45, 2.75) is 32.4 Å². The molecule has 17 heavy (non-hydrogen) atoms. The van der Waals surface area contributed by atoms with Crippen molar-refractivity contribution in [3.63, 3.8) is 0 Å². The van der Waals surface area contributed by atoms with E-state index in [1.807, 2.05) is 6.92 Å². The van der Waals surface area contributed by atoms with Gasteiger partial charge in [0.25, 0.3) is 0 Å². The van der Waals surface area contributed by atoms with Crippen molar-refractivity contribution < 1.29 is 13.6 Å². The first kappa shape index (κ1) is 13.6. The molecular weight excluding hydrogens is 226 g/mol. The van der Waals surface area contributed by atoms with Crippen LogP contribution in [0.5, 0.6) is 0 Å². The van der Waals surface area contributed by atoms with E-state index >= 15 is 0 Å². The number of hydrogen-bond donors (Lipinski definition) is 2. The predicted molar refractivity (Wildman–Crippen MR) is 61.1 cm³/mol. The van der Waals surface area contributed by atoms with Crippen molar-refractivity contribution in [3.05, 3.63) is 35.4 Å². The molecular formula is C12H16F2N2O. The van der Waals surface area contributed by atoms with Gasteiger partial charge in [-0.05, 0) is 24.6 Å². The first-order valence-corrected chi connectivity index (χ1v) is 5.51. The van der Waals surface area contributed by atoms with Gasteiger partial charge in [0.05, 0.1) is 6.04 Å². The maximum Gasteiger partial charge on any atom is 0.237 e. The third kappa shape index (κ3) is 4.11. The van der Waals surface area contributed by atoms with Crippen LogP contribution in [-0.2, 0) is 11.3 Å². The van der Waals surface area contributed by atoms with Gasteiger partial charge in [-0.15, -0.1) is 0 Å². The van der Waals surface area contributed by atoms with Crippen LogP contribution in [0.4, 0.5) is 8.78 Å². The van der Waals surface area contributed by atoms with Crippen LogP contribution in [0.15, 0.2) is 18.2 Å². The molecule has 0 fully saturated rings. The van der Waals surface area contributed by atoms with Crippen molar-refractivity contribution in [2.24, 2.45) is 5.73 Å². The standard InChI is InChI=1S/C12H16F2N2O/c1-2-3-11(15)12(17)16-7-8-6-9(13)4-5-10(8)14/h4-6,11H,2-3,7,15H2,1H3,(H,16,17). The highest BCUT2D eigenvalue weighted by molar-refractivity contribution is 5.81. The second kappa shape index (κ2) is 6.30. The van der Waals surface area contributed by atoms with E-state index in [-0.39, 0.29) is 18.0 Å². The molecule has 1 amide bonds. The van der Waals surface area contributed by atoms with Gasteiger partial charge in [-0.2, -0.15) is 0 Å². The van der Waals surface area contributed by atoms with E-state index < -0.39 is 17.7 Å². The molecule has 0 saturated heterocycles. The second-order valence-corrected chi connectivity index (χ2v) is 3.85. The van der Waals surface area contributed by atoms with E-state index in [0.29, 0.717) is 6.42 Å². The molecule has 0 aliphatic rings. The molecule has 5 heteroatoms. The predicted octanol–water partition coefficient (Wildman–Crippen LogP) is 1.71. The Bertz CT molecular complexity index is 396. The number of carbonyl (C=O) groups excluding carboxylic acids is 1. The number of benzene rings is 1. The third-order valence-electron chi connectivity index (χ3n) is 2.40. The van der Waals surface area contributed by atoms with Crippen LogP contribution >= 0.6 is 0 Å².